The number of nitrogen functional groups attached to an aromatic ring is 1. The van der Waals surface area contributed by atoms with Gasteiger partial charge in [-0.25, -0.2) is 14.8 Å². The largest absolute Gasteiger partial charge is 0.450 e. The van der Waals surface area contributed by atoms with Crippen molar-refractivity contribution in [2.75, 3.05) is 17.7 Å². The predicted molar refractivity (Wildman–Crippen MR) is 146 cm³/mol. The molecule has 2 aromatic carbocycles. The van der Waals surface area contributed by atoms with Gasteiger partial charge in [-0.1, -0.05) is 43.7 Å². The zero-order chi connectivity index (χ0) is 26.2. The number of anilines is 2. The van der Waals surface area contributed by atoms with Crippen LogP contribution in [0.3, 0.4) is 0 Å². The Morgan fingerprint density at radius 1 is 1.00 bits per heavy atom. The van der Waals surface area contributed by atoms with Gasteiger partial charge in [0.1, 0.15) is 11.3 Å². The number of nitrogens with zero attached hydrogens (tertiary/aromatic N) is 3. The number of nitrogens with two attached hydrogens (primary N) is 2. The van der Waals surface area contributed by atoms with Gasteiger partial charge in [0.25, 0.3) is 0 Å². The van der Waals surface area contributed by atoms with Gasteiger partial charge < -0.3 is 26.1 Å². The molecule has 37 heavy (non-hydrogen) atoms. The van der Waals surface area contributed by atoms with Crippen molar-refractivity contribution in [2.45, 2.75) is 58.4 Å². The lowest BCUT2D eigenvalue weighted by Gasteiger charge is -2.12. The molecule has 0 spiro atoms. The molecule has 0 bridgehead atoms. The van der Waals surface area contributed by atoms with Gasteiger partial charge >= 0.3 is 6.09 Å². The Morgan fingerprint density at radius 3 is 2.54 bits per heavy atom. The molecule has 2 aromatic heterocycles. The summed E-state index contributed by atoms with van der Waals surface area (Å²) in [7, 11) is 0. The van der Waals surface area contributed by atoms with Gasteiger partial charge in [-0.15, -0.1) is 0 Å². The number of fused-ring (bicyclic) bond motifs is 3. The van der Waals surface area contributed by atoms with Crippen LogP contribution in [0.5, 0.6) is 0 Å². The maximum Gasteiger partial charge on any atom is 0.404 e. The lowest BCUT2D eigenvalue weighted by atomic mass is 10.1. The smallest absolute Gasteiger partial charge is 0.404 e. The maximum atomic E-state index is 12.3. The SMILES string of the molecule is CCCCc1nc2c(N)nc3ccccc3c2n1Cc1ccc(NC(=O)CCCCCOC(N)=O)cc1. The molecule has 0 saturated heterocycles. The lowest BCUT2D eigenvalue weighted by molar-refractivity contribution is -0.116. The van der Waals surface area contributed by atoms with Crippen LogP contribution < -0.4 is 16.8 Å². The molecule has 2 heterocycles. The Labute approximate surface area is 216 Å². The summed E-state index contributed by atoms with van der Waals surface area (Å²) in [6, 6.07) is 15.9. The molecule has 4 aromatic rings. The molecule has 0 fully saturated rings. The van der Waals surface area contributed by atoms with Crippen molar-refractivity contribution >= 4 is 45.4 Å². The van der Waals surface area contributed by atoms with Crippen LogP contribution in [0.25, 0.3) is 21.9 Å². The number of amides is 2. The number of para-hydroxylation sites is 1. The first-order valence-electron chi connectivity index (χ1n) is 12.8. The van der Waals surface area contributed by atoms with E-state index in [4.69, 9.17) is 21.2 Å². The Morgan fingerprint density at radius 2 is 1.78 bits per heavy atom. The number of aryl methyl sites for hydroxylation is 1. The molecule has 0 unspecified atom stereocenters. The van der Waals surface area contributed by atoms with Crippen LogP contribution in [0.4, 0.5) is 16.3 Å². The number of nitrogens with one attached hydrogen (secondary N) is 1. The molecular formula is C28H34N6O3. The number of rotatable bonds is 12. The van der Waals surface area contributed by atoms with Crippen molar-refractivity contribution in [2.24, 2.45) is 5.73 Å². The highest BCUT2D eigenvalue weighted by Crippen LogP contribution is 2.30. The number of primary amides is 1. The highest BCUT2D eigenvalue weighted by atomic mass is 16.5. The van der Waals surface area contributed by atoms with Gasteiger partial charge in [0, 0.05) is 30.5 Å². The summed E-state index contributed by atoms with van der Waals surface area (Å²) in [6.45, 7) is 3.10. The number of unbranched alkanes of at least 4 members (excludes halogenated alkanes) is 3. The second kappa shape index (κ2) is 12.2. The molecular weight excluding hydrogens is 468 g/mol. The number of hydrogen-bond donors (Lipinski definition) is 3. The Hall–Kier alpha value is -4.14. The van der Waals surface area contributed by atoms with Crippen LogP contribution in [0.2, 0.25) is 0 Å². The first kappa shape index (κ1) is 25.9. The number of benzene rings is 2. The second-order valence-electron chi connectivity index (χ2n) is 9.15. The van der Waals surface area contributed by atoms with E-state index in [9.17, 15) is 9.59 Å². The summed E-state index contributed by atoms with van der Waals surface area (Å²) in [5, 5.41) is 3.98. The number of carbonyl (C=O) groups is 2. The van der Waals surface area contributed by atoms with Crippen molar-refractivity contribution < 1.29 is 14.3 Å². The number of aromatic nitrogens is 3. The third kappa shape index (κ3) is 6.55. The van der Waals surface area contributed by atoms with E-state index in [1.165, 1.54) is 0 Å². The van der Waals surface area contributed by atoms with Crippen LogP contribution >= 0.6 is 0 Å². The summed E-state index contributed by atoms with van der Waals surface area (Å²) < 4.78 is 6.94. The predicted octanol–water partition coefficient (Wildman–Crippen LogP) is 5.15. The molecule has 194 valence electrons. The van der Waals surface area contributed by atoms with E-state index in [1.54, 1.807) is 0 Å². The normalized spacial score (nSPS) is 11.2. The minimum atomic E-state index is -0.769. The van der Waals surface area contributed by atoms with Crippen LogP contribution in [-0.4, -0.2) is 33.1 Å². The minimum absolute atomic E-state index is 0.0412. The summed E-state index contributed by atoms with van der Waals surface area (Å²) in [4.78, 5) is 32.3. The molecule has 9 heteroatoms. The zero-order valence-corrected chi connectivity index (χ0v) is 21.2. The van der Waals surface area contributed by atoms with E-state index in [-0.39, 0.29) is 12.5 Å². The second-order valence-corrected chi connectivity index (χ2v) is 9.15. The molecule has 0 aliphatic carbocycles. The van der Waals surface area contributed by atoms with Gasteiger partial charge in [0.05, 0.1) is 17.6 Å². The molecule has 2 amide bonds. The summed E-state index contributed by atoms with van der Waals surface area (Å²) in [6.07, 6.45) is 4.80. The Kier molecular flexibility index (Phi) is 8.56. The van der Waals surface area contributed by atoms with Gasteiger partial charge in [0.15, 0.2) is 5.82 Å². The minimum Gasteiger partial charge on any atom is -0.450 e. The molecule has 0 aliphatic rings. The molecule has 0 saturated carbocycles. The van der Waals surface area contributed by atoms with Crippen molar-refractivity contribution in [1.29, 1.82) is 0 Å². The molecule has 9 nitrogen and oxygen atoms in total. The summed E-state index contributed by atoms with van der Waals surface area (Å²) in [5.41, 5.74) is 15.7. The van der Waals surface area contributed by atoms with Gasteiger partial charge in [-0.05, 0) is 49.4 Å². The fraction of sp³-hybridized carbons (Fsp3) is 0.357. The number of carbonyl (C=O) groups excluding carboxylic acids is 2. The van der Waals surface area contributed by atoms with E-state index in [0.29, 0.717) is 31.6 Å². The van der Waals surface area contributed by atoms with E-state index < -0.39 is 6.09 Å². The van der Waals surface area contributed by atoms with E-state index in [0.717, 1.165) is 64.7 Å². The third-order valence-corrected chi connectivity index (χ3v) is 6.31. The van der Waals surface area contributed by atoms with Crippen LogP contribution in [-0.2, 0) is 22.5 Å². The topological polar surface area (TPSA) is 138 Å². The number of hydrogen-bond acceptors (Lipinski definition) is 6. The van der Waals surface area contributed by atoms with Crippen LogP contribution in [0.1, 0.15) is 56.8 Å². The third-order valence-electron chi connectivity index (χ3n) is 6.31. The molecule has 0 radical (unpaired) electrons. The zero-order valence-electron chi connectivity index (χ0n) is 21.2. The van der Waals surface area contributed by atoms with Crippen molar-refractivity contribution in [3.05, 3.63) is 59.9 Å². The fourth-order valence-electron chi connectivity index (χ4n) is 4.44. The number of imidazole rings is 1. The number of ether oxygens (including phenoxy) is 1. The van der Waals surface area contributed by atoms with E-state index in [2.05, 4.69) is 27.9 Å². The summed E-state index contributed by atoms with van der Waals surface area (Å²) in [5.74, 6) is 1.41. The Balaban J connectivity index is 1.46. The molecule has 4 rings (SSSR count). The van der Waals surface area contributed by atoms with Gasteiger partial charge in [0.2, 0.25) is 5.91 Å². The maximum absolute atomic E-state index is 12.3. The van der Waals surface area contributed by atoms with E-state index >= 15 is 0 Å². The Bertz CT molecular complexity index is 1380. The fourth-order valence-corrected chi connectivity index (χ4v) is 4.44. The van der Waals surface area contributed by atoms with Gasteiger partial charge in [-0.2, -0.15) is 0 Å². The standard InChI is InChI=1S/C28H34N6O3/c1-2-3-11-23-33-25-26(21-9-6-7-10-22(21)32-27(25)29)34(23)18-19-13-15-20(16-14-19)31-24(35)12-5-4-8-17-37-28(30)36/h6-7,9-10,13-16H,2-5,8,11-12,17-18H2,1H3,(H2,29,32)(H2,30,36)(H,31,35). The first-order chi connectivity index (χ1) is 18.0. The van der Waals surface area contributed by atoms with Crippen molar-refractivity contribution in [1.82, 2.24) is 14.5 Å². The first-order valence-corrected chi connectivity index (χ1v) is 12.8. The highest BCUT2D eigenvalue weighted by Gasteiger charge is 2.17. The van der Waals surface area contributed by atoms with E-state index in [1.807, 2.05) is 42.5 Å². The van der Waals surface area contributed by atoms with Gasteiger partial charge in [-0.3, -0.25) is 4.79 Å². The molecule has 0 atom stereocenters. The monoisotopic (exact) mass is 502 g/mol. The van der Waals surface area contributed by atoms with Crippen LogP contribution in [0.15, 0.2) is 48.5 Å². The van der Waals surface area contributed by atoms with Crippen molar-refractivity contribution in [3.8, 4) is 0 Å². The molecule has 5 N–H and O–H groups in total. The lowest BCUT2D eigenvalue weighted by Crippen LogP contribution is -2.14. The molecule has 0 aliphatic heterocycles. The summed E-state index contributed by atoms with van der Waals surface area (Å²) >= 11 is 0. The highest BCUT2D eigenvalue weighted by molar-refractivity contribution is 6.06. The average molecular weight is 503 g/mol. The van der Waals surface area contributed by atoms with Crippen molar-refractivity contribution in [3.63, 3.8) is 0 Å². The number of pyridine rings is 1. The van der Waals surface area contributed by atoms with Crippen LogP contribution in [0, 0.1) is 0 Å². The average Bonchev–Trinajstić information content (AvgIpc) is 3.25. The quantitative estimate of drug-likeness (QED) is 0.229.